The summed E-state index contributed by atoms with van der Waals surface area (Å²) in [5.74, 6) is -0.221. The third-order valence-electron chi connectivity index (χ3n) is 3.89. The van der Waals surface area contributed by atoms with E-state index in [0.717, 1.165) is 25.7 Å². The topological polar surface area (TPSA) is 55.4 Å². The van der Waals surface area contributed by atoms with Crippen LogP contribution in [0.25, 0.3) is 0 Å². The molecule has 1 N–H and O–H groups in total. The van der Waals surface area contributed by atoms with Gasteiger partial charge in [0.05, 0.1) is 5.92 Å². The highest BCUT2D eigenvalue weighted by Gasteiger charge is 2.53. The molecule has 1 amide bonds. The van der Waals surface area contributed by atoms with E-state index in [0.29, 0.717) is 6.42 Å². The zero-order chi connectivity index (χ0) is 13.2. The molecular formula is C14H21NO3. The van der Waals surface area contributed by atoms with Crippen LogP contribution in [0.5, 0.6) is 0 Å². The molecule has 0 spiro atoms. The minimum absolute atomic E-state index is 0.0376. The molecule has 1 saturated heterocycles. The van der Waals surface area contributed by atoms with Crippen LogP contribution in [0.15, 0.2) is 12.2 Å². The van der Waals surface area contributed by atoms with Gasteiger partial charge in [0.25, 0.3) is 0 Å². The Hall–Kier alpha value is -1.32. The number of amides is 1. The van der Waals surface area contributed by atoms with Gasteiger partial charge in [-0.05, 0) is 26.2 Å². The maximum absolute atomic E-state index is 12.0. The Bertz CT molecular complexity index is 377. The lowest BCUT2D eigenvalue weighted by Crippen LogP contribution is -2.47. The smallest absolute Gasteiger partial charge is 0.310 e. The number of hydrogen-bond acceptors (Lipinski definition) is 3. The molecule has 2 rings (SSSR count). The summed E-state index contributed by atoms with van der Waals surface area (Å²) in [6.45, 7) is 3.85. The second-order valence-corrected chi connectivity index (χ2v) is 5.39. The summed E-state index contributed by atoms with van der Waals surface area (Å²) in [4.78, 5) is 23.5. The second-order valence-electron chi connectivity index (χ2n) is 5.39. The molecule has 18 heavy (non-hydrogen) atoms. The van der Waals surface area contributed by atoms with Gasteiger partial charge in [-0.2, -0.15) is 0 Å². The number of esters is 1. The standard InChI is InChI=1S/C14H21NO3/c1-3-4-5-6-10(2)13(17)18-14-8-7-11(9-14)12(16)15-14/h3-4,10-11H,5-9H2,1-2H3,(H,15,16). The Balaban J connectivity index is 1.86. The van der Waals surface area contributed by atoms with Crippen LogP contribution in [0, 0.1) is 11.8 Å². The van der Waals surface area contributed by atoms with Gasteiger partial charge >= 0.3 is 5.97 Å². The molecule has 3 atom stereocenters. The summed E-state index contributed by atoms with van der Waals surface area (Å²) >= 11 is 0. The van der Waals surface area contributed by atoms with Crippen molar-refractivity contribution in [2.75, 3.05) is 0 Å². The molecule has 0 aromatic rings. The number of ether oxygens (including phenoxy) is 1. The number of carbonyl (C=O) groups excluding carboxylic acids is 2. The Labute approximate surface area is 108 Å². The van der Waals surface area contributed by atoms with Crippen LogP contribution in [-0.4, -0.2) is 17.6 Å². The number of piperidine rings is 1. The van der Waals surface area contributed by atoms with Crippen LogP contribution in [0.4, 0.5) is 0 Å². The van der Waals surface area contributed by atoms with Crippen molar-refractivity contribution < 1.29 is 14.3 Å². The van der Waals surface area contributed by atoms with Gasteiger partial charge < -0.3 is 10.1 Å². The number of nitrogens with one attached hydrogen (secondary N) is 1. The third kappa shape index (κ3) is 2.57. The van der Waals surface area contributed by atoms with Crippen molar-refractivity contribution in [1.29, 1.82) is 0 Å². The highest BCUT2D eigenvalue weighted by Crippen LogP contribution is 2.41. The average Bonchev–Trinajstić information content (AvgIpc) is 2.85. The average molecular weight is 251 g/mol. The van der Waals surface area contributed by atoms with Crippen LogP contribution >= 0.6 is 0 Å². The van der Waals surface area contributed by atoms with Crippen molar-refractivity contribution in [3.05, 3.63) is 12.2 Å². The molecule has 4 heteroatoms. The van der Waals surface area contributed by atoms with E-state index in [-0.39, 0.29) is 23.7 Å². The van der Waals surface area contributed by atoms with E-state index in [1.54, 1.807) is 0 Å². The molecule has 0 aromatic heterocycles. The fourth-order valence-electron chi connectivity index (χ4n) is 2.72. The Morgan fingerprint density at radius 2 is 2.44 bits per heavy atom. The predicted molar refractivity (Wildman–Crippen MR) is 67.5 cm³/mol. The lowest BCUT2D eigenvalue weighted by Gasteiger charge is -2.28. The molecule has 100 valence electrons. The Kier molecular flexibility index (Phi) is 3.73. The first-order chi connectivity index (χ1) is 8.56. The number of fused-ring (bicyclic) bond motifs is 2. The van der Waals surface area contributed by atoms with Gasteiger partial charge in [0.2, 0.25) is 5.91 Å². The fraction of sp³-hybridized carbons (Fsp3) is 0.714. The van der Waals surface area contributed by atoms with Crippen LogP contribution in [0.2, 0.25) is 0 Å². The molecule has 3 unspecified atom stereocenters. The zero-order valence-corrected chi connectivity index (χ0v) is 11.1. The molecule has 4 nitrogen and oxygen atoms in total. The summed E-state index contributed by atoms with van der Waals surface area (Å²) < 4.78 is 5.56. The summed E-state index contributed by atoms with van der Waals surface area (Å²) in [5.41, 5.74) is -0.687. The summed E-state index contributed by atoms with van der Waals surface area (Å²) in [6.07, 6.45) is 7.95. The first kappa shape index (κ1) is 13.1. The monoisotopic (exact) mass is 251 g/mol. The molecule has 1 aliphatic heterocycles. The molecule has 1 aliphatic carbocycles. The van der Waals surface area contributed by atoms with Gasteiger partial charge in [-0.25, -0.2) is 0 Å². The molecule has 2 fully saturated rings. The lowest BCUT2D eigenvalue weighted by molar-refractivity contribution is -0.167. The van der Waals surface area contributed by atoms with E-state index < -0.39 is 5.72 Å². The van der Waals surface area contributed by atoms with E-state index in [4.69, 9.17) is 4.74 Å². The first-order valence-corrected chi connectivity index (χ1v) is 6.72. The number of rotatable bonds is 5. The van der Waals surface area contributed by atoms with Gasteiger partial charge in [0.15, 0.2) is 5.72 Å². The van der Waals surface area contributed by atoms with Crippen molar-refractivity contribution in [2.24, 2.45) is 11.8 Å². The fourth-order valence-corrected chi connectivity index (χ4v) is 2.72. The molecule has 0 radical (unpaired) electrons. The highest BCUT2D eigenvalue weighted by molar-refractivity contribution is 5.84. The predicted octanol–water partition coefficient (Wildman–Crippen LogP) is 2.15. The largest absolute Gasteiger partial charge is 0.439 e. The Morgan fingerprint density at radius 3 is 3.00 bits per heavy atom. The SMILES string of the molecule is CC=CCCC(C)C(=O)OC12CCC(C1)C(=O)N2. The number of carbonyl (C=O) groups is 2. The molecular weight excluding hydrogens is 230 g/mol. The minimum atomic E-state index is -0.687. The molecule has 1 heterocycles. The van der Waals surface area contributed by atoms with Crippen molar-refractivity contribution in [2.45, 2.75) is 51.7 Å². The van der Waals surface area contributed by atoms with Crippen molar-refractivity contribution in [3.63, 3.8) is 0 Å². The van der Waals surface area contributed by atoms with Gasteiger partial charge in [-0.1, -0.05) is 19.1 Å². The van der Waals surface area contributed by atoms with Crippen LogP contribution in [0.1, 0.15) is 46.0 Å². The van der Waals surface area contributed by atoms with Crippen LogP contribution < -0.4 is 5.32 Å². The maximum Gasteiger partial charge on any atom is 0.310 e. The van der Waals surface area contributed by atoms with Gasteiger partial charge in [0, 0.05) is 18.8 Å². The normalized spacial score (nSPS) is 31.7. The van der Waals surface area contributed by atoms with Gasteiger partial charge in [-0.3, -0.25) is 9.59 Å². The van der Waals surface area contributed by atoms with Gasteiger partial charge in [0.1, 0.15) is 0 Å². The van der Waals surface area contributed by atoms with E-state index in [1.165, 1.54) is 0 Å². The Morgan fingerprint density at radius 1 is 1.67 bits per heavy atom. The quantitative estimate of drug-likeness (QED) is 0.601. The lowest BCUT2D eigenvalue weighted by atomic mass is 10.1. The van der Waals surface area contributed by atoms with E-state index >= 15 is 0 Å². The van der Waals surface area contributed by atoms with Crippen molar-refractivity contribution >= 4 is 11.9 Å². The summed E-state index contributed by atoms with van der Waals surface area (Å²) in [5, 5.41) is 2.82. The molecule has 0 aromatic carbocycles. The molecule has 2 aliphatic rings. The minimum Gasteiger partial charge on any atom is -0.439 e. The first-order valence-electron chi connectivity index (χ1n) is 6.72. The van der Waals surface area contributed by atoms with E-state index in [2.05, 4.69) is 5.32 Å². The molecule has 2 bridgehead atoms. The second kappa shape index (κ2) is 5.12. The zero-order valence-electron chi connectivity index (χ0n) is 11.1. The maximum atomic E-state index is 12.0. The van der Waals surface area contributed by atoms with E-state index in [9.17, 15) is 9.59 Å². The summed E-state index contributed by atoms with van der Waals surface area (Å²) in [6, 6.07) is 0. The molecule has 1 saturated carbocycles. The van der Waals surface area contributed by atoms with E-state index in [1.807, 2.05) is 26.0 Å². The number of allylic oxidation sites excluding steroid dienone is 2. The highest BCUT2D eigenvalue weighted by atomic mass is 16.6. The van der Waals surface area contributed by atoms with Crippen molar-refractivity contribution in [1.82, 2.24) is 5.32 Å². The number of hydrogen-bond donors (Lipinski definition) is 1. The summed E-state index contributed by atoms with van der Waals surface area (Å²) in [7, 11) is 0. The van der Waals surface area contributed by atoms with Crippen LogP contribution in [0.3, 0.4) is 0 Å². The van der Waals surface area contributed by atoms with Crippen LogP contribution in [-0.2, 0) is 14.3 Å². The van der Waals surface area contributed by atoms with Gasteiger partial charge in [-0.15, -0.1) is 0 Å². The van der Waals surface area contributed by atoms with Crippen molar-refractivity contribution in [3.8, 4) is 0 Å². The third-order valence-corrected chi connectivity index (χ3v) is 3.89.